The lowest BCUT2D eigenvalue weighted by Crippen LogP contribution is -2.43. The minimum Gasteiger partial charge on any atom is -0.321 e. The standard InChI is InChI=1S/C31H29F5N6O/c1-40-17-38-39-27(40)12-29(10-19(11-29)13-37)20-3-2-4-21(9-20)42-15-23-22(28(42)43)7-18(8-25(23)31(34,35)36)14-41-6-5-24-26(16-41)30(24,32)33/h2-4,7-9,17,19,24,26H,5-6,10-12,14-16H2,1H3/t19-,24?,26?,29-. The first kappa shape index (κ1) is 28.0. The number of likely N-dealkylation sites (tertiary alicyclic amines) is 1. The fourth-order valence-electron chi connectivity index (χ4n) is 7.45. The van der Waals surface area contributed by atoms with Gasteiger partial charge in [0.05, 0.1) is 18.2 Å². The minimum atomic E-state index is -4.69. The average molecular weight is 597 g/mol. The predicted octanol–water partition coefficient (Wildman–Crippen LogP) is 5.50. The van der Waals surface area contributed by atoms with Crippen molar-refractivity contribution in [2.24, 2.45) is 24.8 Å². The second-order valence-electron chi connectivity index (χ2n) is 12.6. The SMILES string of the molecule is Cn1cnnc1C[C@]1(c2cccc(N3Cc4c(cc(CN5CCC6C(C5)C6(F)F)cc4C(F)(F)F)C3=O)c2)C[C@H](C#N)C1. The summed E-state index contributed by atoms with van der Waals surface area (Å²) < 4.78 is 72.5. The number of alkyl halides is 5. The Kier molecular flexibility index (Phi) is 6.22. The van der Waals surface area contributed by atoms with Gasteiger partial charge in [0, 0.05) is 61.0 Å². The van der Waals surface area contributed by atoms with Crippen molar-refractivity contribution in [1.29, 1.82) is 5.26 Å². The minimum absolute atomic E-state index is 0.0103. The quantitative estimate of drug-likeness (QED) is 0.352. The highest BCUT2D eigenvalue weighted by Crippen LogP contribution is 2.59. The molecule has 2 atom stereocenters. The van der Waals surface area contributed by atoms with Gasteiger partial charge in [0.15, 0.2) is 0 Å². The lowest BCUT2D eigenvalue weighted by atomic mass is 9.57. The van der Waals surface area contributed by atoms with E-state index in [2.05, 4.69) is 16.3 Å². The van der Waals surface area contributed by atoms with E-state index in [-0.39, 0.29) is 42.2 Å². The van der Waals surface area contributed by atoms with E-state index in [1.807, 2.05) is 23.7 Å². The summed E-state index contributed by atoms with van der Waals surface area (Å²) >= 11 is 0. The van der Waals surface area contributed by atoms with Crippen LogP contribution in [0.2, 0.25) is 0 Å². The monoisotopic (exact) mass is 596 g/mol. The zero-order chi connectivity index (χ0) is 30.3. The van der Waals surface area contributed by atoms with Crippen molar-refractivity contribution in [3.8, 4) is 6.07 Å². The zero-order valence-electron chi connectivity index (χ0n) is 23.4. The van der Waals surface area contributed by atoms with Crippen LogP contribution in [0.1, 0.15) is 57.7 Å². The van der Waals surface area contributed by atoms with Gasteiger partial charge in [0.1, 0.15) is 12.2 Å². The fourth-order valence-corrected chi connectivity index (χ4v) is 7.45. The highest BCUT2D eigenvalue weighted by atomic mass is 19.4. The van der Waals surface area contributed by atoms with Crippen molar-refractivity contribution < 1.29 is 26.7 Å². The molecule has 3 heterocycles. The summed E-state index contributed by atoms with van der Waals surface area (Å²) in [7, 11) is 1.84. The van der Waals surface area contributed by atoms with Gasteiger partial charge in [-0.2, -0.15) is 18.4 Å². The highest BCUT2D eigenvalue weighted by Gasteiger charge is 2.68. The van der Waals surface area contributed by atoms with Crippen LogP contribution in [0.25, 0.3) is 0 Å². The Bertz CT molecular complexity index is 1650. The van der Waals surface area contributed by atoms with Gasteiger partial charge < -0.3 is 9.47 Å². The average Bonchev–Trinajstić information content (AvgIpc) is 3.19. The summed E-state index contributed by atoms with van der Waals surface area (Å²) in [6.07, 6.45) is -1.04. The number of amides is 1. The molecule has 0 N–H and O–H groups in total. The van der Waals surface area contributed by atoms with E-state index >= 15 is 0 Å². The molecule has 0 spiro atoms. The van der Waals surface area contributed by atoms with Crippen LogP contribution in [-0.2, 0) is 38.1 Å². The Morgan fingerprint density at radius 2 is 1.93 bits per heavy atom. The first-order valence-corrected chi connectivity index (χ1v) is 14.4. The number of fused-ring (bicyclic) bond motifs is 2. The van der Waals surface area contributed by atoms with Crippen LogP contribution in [0.15, 0.2) is 42.7 Å². The lowest BCUT2D eigenvalue weighted by molar-refractivity contribution is -0.138. The maximum absolute atomic E-state index is 14.3. The molecule has 1 aromatic heterocycles. The first-order valence-electron chi connectivity index (χ1n) is 14.4. The van der Waals surface area contributed by atoms with E-state index < -0.39 is 40.8 Å². The summed E-state index contributed by atoms with van der Waals surface area (Å²) in [5, 5.41) is 17.7. The van der Waals surface area contributed by atoms with Crippen LogP contribution >= 0.6 is 0 Å². The van der Waals surface area contributed by atoms with E-state index in [4.69, 9.17) is 0 Å². The van der Waals surface area contributed by atoms with Gasteiger partial charge in [-0.25, -0.2) is 8.78 Å². The number of hydrogen-bond donors (Lipinski definition) is 0. The molecule has 2 saturated carbocycles. The van der Waals surface area contributed by atoms with Gasteiger partial charge in [-0.15, -0.1) is 10.2 Å². The van der Waals surface area contributed by atoms with E-state index in [9.17, 15) is 32.0 Å². The van der Waals surface area contributed by atoms with Crippen molar-refractivity contribution in [2.75, 3.05) is 18.0 Å². The predicted molar refractivity (Wildman–Crippen MR) is 145 cm³/mol. The molecule has 2 aromatic carbocycles. The second kappa shape index (κ2) is 9.58. The number of piperidine rings is 1. The number of anilines is 1. The molecule has 1 saturated heterocycles. The number of halogens is 5. The van der Waals surface area contributed by atoms with Crippen LogP contribution in [0.4, 0.5) is 27.6 Å². The molecule has 7 rings (SSSR count). The molecule has 3 aromatic rings. The molecule has 12 heteroatoms. The van der Waals surface area contributed by atoms with Crippen molar-refractivity contribution in [3.05, 3.63) is 76.4 Å². The maximum atomic E-state index is 14.3. The molecule has 2 unspecified atom stereocenters. The normalized spacial score (nSPS) is 27.8. The number of benzene rings is 2. The molecule has 2 aliphatic heterocycles. The molecule has 2 aliphatic carbocycles. The van der Waals surface area contributed by atoms with Crippen LogP contribution in [0.5, 0.6) is 0 Å². The molecule has 0 bridgehead atoms. The molecule has 3 fully saturated rings. The summed E-state index contributed by atoms with van der Waals surface area (Å²) in [5.41, 5.74) is 0.280. The number of carbonyl (C=O) groups is 1. The molecular weight excluding hydrogens is 567 g/mol. The van der Waals surface area contributed by atoms with Crippen molar-refractivity contribution in [1.82, 2.24) is 19.7 Å². The van der Waals surface area contributed by atoms with E-state index in [0.29, 0.717) is 37.9 Å². The Morgan fingerprint density at radius 3 is 2.60 bits per heavy atom. The van der Waals surface area contributed by atoms with Gasteiger partial charge in [0.2, 0.25) is 0 Å². The highest BCUT2D eigenvalue weighted by molar-refractivity contribution is 6.10. The molecule has 1 amide bonds. The van der Waals surface area contributed by atoms with Gasteiger partial charge in [-0.3, -0.25) is 9.69 Å². The van der Waals surface area contributed by atoms with Crippen molar-refractivity contribution in [2.45, 2.75) is 56.3 Å². The number of nitrogens with zero attached hydrogens (tertiary/aromatic N) is 6. The van der Waals surface area contributed by atoms with Crippen molar-refractivity contribution >= 4 is 11.6 Å². The number of aryl methyl sites for hydroxylation is 1. The third kappa shape index (κ3) is 4.60. The Morgan fingerprint density at radius 1 is 1.14 bits per heavy atom. The van der Waals surface area contributed by atoms with Crippen LogP contribution in [0.3, 0.4) is 0 Å². The molecule has 0 radical (unpaired) electrons. The molecule has 4 aliphatic rings. The van der Waals surface area contributed by atoms with Gasteiger partial charge in [-0.1, -0.05) is 12.1 Å². The third-order valence-electron chi connectivity index (χ3n) is 9.92. The van der Waals surface area contributed by atoms with E-state index in [0.717, 1.165) is 17.5 Å². The largest absolute Gasteiger partial charge is 0.416 e. The maximum Gasteiger partial charge on any atom is 0.416 e. The molecule has 43 heavy (non-hydrogen) atoms. The van der Waals surface area contributed by atoms with Crippen molar-refractivity contribution in [3.63, 3.8) is 0 Å². The van der Waals surface area contributed by atoms with Gasteiger partial charge in [-0.05, 0) is 66.8 Å². The molecule has 7 nitrogen and oxygen atoms in total. The summed E-state index contributed by atoms with van der Waals surface area (Å²) in [4.78, 5) is 16.8. The third-order valence-corrected chi connectivity index (χ3v) is 9.92. The van der Waals surface area contributed by atoms with Crippen LogP contribution in [-0.4, -0.2) is 44.6 Å². The number of nitriles is 1. The first-order chi connectivity index (χ1) is 20.4. The summed E-state index contributed by atoms with van der Waals surface area (Å²) in [6, 6.07) is 12.1. The number of carbonyl (C=O) groups excluding carboxylic acids is 1. The van der Waals surface area contributed by atoms with Crippen LogP contribution in [0, 0.1) is 29.1 Å². The Balaban J connectivity index is 1.18. The Labute approximate surface area is 244 Å². The smallest absolute Gasteiger partial charge is 0.321 e. The summed E-state index contributed by atoms with van der Waals surface area (Å²) in [6.45, 7) is 0.350. The molecule has 224 valence electrons. The zero-order valence-corrected chi connectivity index (χ0v) is 23.4. The number of aromatic nitrogens is 3. The van der Waals surface area contributed by atoms with Gasteiger partial charge >= 0.3 is 6.18 Å². The Hall–Kier alpha value is -3.85. The van der Waals surface area contributed by atoms with E-state index in [1.54, 1.807) is 23.4 Å². The van der Waals surface area contributed by atoms with E-state index in [1.165, 1.54) is 11.0 Å². The summed E-state index contributed by atoms with van der Waals surface area (Å²) in [5.74, 6) is -3.99. The number of rotatable bonds is 6. The number of hydrogen-bond acceptors (Lipinski definition) is 5. The van der Waals surface area contributed by atoms with Crippen LogP contribution < -0.4 is 4.90 Å². The second-order valence-corrected chi connectivity index (χ2v) is 12.6. The lowest BCUT2D eigenvalue weighted by Gasteiger charge is -2.45. The fraction of sp³-hybridized carbons (Fsp3) is 0.484. The topological polar surface area (TPSA) is 78.1 Å². The van der Waals surface area contributed by atoms with Gasteiger partial charge in [0.25, 0.3) is 11.8 Å². The molecular formula is C31H29F5N6O.